The molecule has 0 saturated heterocycles. The first-order valence-corrected chi connectivity index (χ1v) is 8.11. The Hall–Kier alpha value is -3.92. The molecule has 144 valence electrons. The maximum atomic E-state index is 12.7. The van der Waals surface area contributed by atoms with Gasteiger partial charge in [0.25, 0.3) is 17.5 Å². The number of nitrogens with zero attached hydrogens (tertiary/aromatic N) is 2. The number of amides is 2. The zero-order valence-corrected chi connectivity index (χ0v) is 14.4. The van der Waals surface area contributed by atoms with Crippen molar-refractivity contribution in [2.24, 2.45) is 0 Å². The number of nitro benzene ring substituents is 1. The van der Waals surface area contributed by atoms with Crippen LogP contribution < -0.4 is 10.2 Å². The average Bonchev–Trinajstić information content (AvgIpc) is 3.39. The van der Waals surface area contributed by atoms with E-state index in [2.05, 4.69) is 5.32 Å². The summed E-state index contributed by atoms with van der Waals surface area (Å²) in [5.41, 5.74) is -0.127. The Morgan fingerprint density at radius 2 is 1.79 bits per heavy atom. The van der Waals surface area contributed by atoms with Crippen molar-refractivity contribution in [1.29, 1.82) is 0 Å². The largest absolute Gasteiger partial charge is 0.459 e. The Kier molecular flexibility index (Phi) is 5.51. The van der Waals surface area contributed by atoms with Crippen molar-refractivity contribution in [3.8, 4) is 0 Å². The number of nitro groups is 1. The first-order chi connectivity index (χ1) is 13.5. The molecule has 2 amide bonds. The second kappa shape index (κ2) is 8.18. The smallest absolute Gasteiger partial charge is 0.294 e. The number of benzene rings is 1. The van der Waals surface area contributed by atoms with E-state index >= 15 is 0 Å². The number of non-ortho nitro benzene ring substituents is 1. The van der Waals surface area contributed by atoms with Crippen molar-refractivity contribution in [2.75, 3.05) is 23.4 Å². The molecule has 0 aliphatic carbocycles. The summed E-state index contributed by atoms with van der Waals surface area (Å²) in [5.74, 6) is -1.24. The van der Waals surface area contributed by atoms with Crippen LogP contribution in [0.15, 0.2) is 63.8 Å². The SMILES string of the molecule is O=C(Nc1cc([N+](=O)[O-])ccc1N(CCO)C(=O)c1ccco1)c1ccco1. The molecule has 0 fully saturated rings. The second-order valence-electron chi connectivity index (χ2n) is 5.55. The Morgan fingerprint density at radius 1 is 1.11 bits per heavy atom. The van der Waals surface area contributed by atoms with Crippen molar-refractivity contribution in [2.45, 2.75) is 0 Å². The third-order valence-corrected chi connectivity index (χ3v) is 3.78. The van der Waals surface area contributed by atoms with E-state index in [0.717, 1.165) is 11.0 Å². The van der Waals surface area contributed by atoms with E-state index in [9.17, 15) is 24.8 Å². The van der Waals surface area contributed by atoms with Crippen LogP contribution in [0.4, 0.5) is 17.1 Å². The van der Waals surface area contributed by atoms with Crippen molar-refractivity contribution in [3.05, 3.63) is 76.6 Å². The first-order valence-electron chi connectivity index (χ1n) is 8.11. The number of aliphatic hydroxyl groups excluding tert-OH is 1. The van der Waals surface area contributed by atoms with Gasteiger partial charge in [0, 0.05) is 18.7 Å². The number of carbonyl (C=O) groups excluding carboxylic acids is 2. The van der Waals surface area contributed by atoms with Crippen molar-refractivity contribution in [3.63, 3.8) is 0 Å². The molecule has 2 heterocycles. The minimum absolute atomic E-state index is 0.00366. The molecule has 28 heavy (non-hydrogen) atoms. The van der Waals surface area contributed by atoms with Gasteiger partial charge in [-0.3, -0.25) is 19.7 Å². The minimum atomic E-state index is -0.652. The number of rotatable bonds is 7. The van der Waals surface area contributed by atoms with Gasteiger partial charge in [-0.05, 0) is 30.3 Å². The Bertz CT molecular complexity index is 981. The van der Waals surface area contributed by atoms with Gasteiger partial charge in [0.1, 0.15) is 0 Å². The van der Waals surface area contributed by atoms with Crippen LogP contribution in [-0.2, 0) is 0 Å². The summed E-state index contributed by atoms with van der Waals surface area (Å²) in [7, 11) is 0. The second-order valence-corrected chi connectivity index (χ2v) is 5.55. The fraction of sp³-hybridized carbons (Fsp3) is 0.111. The topological polar surface area (TPSA) is 139 Å². The lowest BCUT2D eigenvalue weighted by molar-refractivity contribution is -0.384. The molecule has 2 aromatic heterocycles. The molecule has 2 N–H and O–H groups in total. The van der Waals surface area contributed by atoms with Crippen LogP contribution in [0.5, 0.6) is 0 Å². The maximum absolute atomic E-state index is 12.7. The van der Waals surface area contributed by atoms with Gasteiger partial charge < -0.3 is 24.2 Å². The van der Waals surface area contributed by atoms with Crippen molar-refractivity contribution >= 4 is 28.9 Å². The summed E-state index contributed by atoms with van der Waals surface area (Å²) in [6, 6.07) is 9.53. The molecular weight excluding hydrogens is 370 g/mol. The molecule has 10 heteroatoms. The minimum Gasteiger partial charge on any atom is -0.459 e. The molecule has 1 aromatic carbocycles. The third-order valence-electron chi connectivity index (χ3n) is 3.78. The predicted molar refractivity (Wildman–Crippen MR) is 97.2 cm³/mol. The molecule has 0 aliphatic rings. The van der Waals surface area contributed by atoms with Crippen molar-refractivity contribution < 1.29 is 28.5 Å². The molecule has 0 atom stereocenters. The van der Waals surface area contributed by atoms with E-state index in [-0.39, 0.29) is 41.7 Å². The van der Waals surface area contributed by atoms with E-state index < -0.39 is 16.7 Å². The number of hydrogen-bond donors (Lipinski definition) is 2. The number of hydrogen-bond acceptors (Lipinski definition) is 7. The van der Waals surface area contributed by atoms with E-state index in [1.54, 1.807) is 0 Å². The highest BCUT2D eigenvalue weighted by Crippen LogP contribution is 2.32. The lowest BCUT2D eigenvalue weighted by Gasteiger charge is -2.23. The lowest BCUT2D eigenvalue weighted by atomic mass is 10.2. The average molecular weight is 385 g/mol. The lowest BCUT2D eigenvalue weighted by Crippen LogP contribution is -2.34. The Morgan fingerprint density at radius 3 is 2.36 bits per heavy atom. The van der Waals surface area contributed by atoms with Crippen LogP contribution in [0.1, 0.15) is 21.1 Å². The molecule has 3 aromatic rings. The van der Waals surface area contributed by atoms with E-state index in [0.29, 0.717) is 0 Å². The number of furan rings is 2. The maximum Gasteiger partial charge on any atom is 0.294 e. The summed E-state index contributed by atoms with van der Waals surface area (Å²) in [5, 5.41) is 23.0. The molecule has 3 rings (SSSR count). The van der Waals surface area contributed by atoms with Gasteiger partial charge in [0.15, 0.2) is 11.5 Å². The molecule has 0 saturated carbocycles. The number of anilines is 2. The van der Waals surface area contributed by atoms with Gasteiger partial charge in [0.2, 0.25) is 0 Å². The summed E-state index contributed by atoms with van der Waals surface area (Å²) in [6.07, 6.45) is 2.63. The van der Waals surface area contributed by atoms with Crippen molar-refractivity contribution in [1.82, 2.24) is 0 Å². The molecule has 0 aliphatic heterocycles. The molecule has 0 spiro atoms. The van der Waals surface area contributed by atoms with Crippen LogP contribution >= 0.6 is 0 Å². The van der Waals surface area contributed by atoms with Crippen LogP contribution in [0, 0.1) is 10.1 Å². The zero-order valence-electron chi connectivity index (χ0n) is 14.4. The normalized spacial score (nSPS) is 10.5. The fourth-order valence-corrected chi connectivity index (χ4v) is 2.53. The van der Waals surface area contributed by atoms with Gasteiger partial charge in [-0.25, -0.2) is 0 Å². The number of aliphatic hydroxyl groups is 1. The highest BCUT2D eigenvalue weighted by molar-refractivity contribution is 6.09. The summed E-state index contributed by atoms with van der Waals surface area (Å²) in [6.45, 7) is -0.504. The molecule has 0 radical (unpaired) electrons. The standard InChI is InChI=1S/C18H15N3O7/c22-8-7-20(18(24)16-4-2-10-28-16)14-6-5-12(21(25)26)11-13(14)19-17(23)15-3-1-9-27-15/h1-6,9-11,22H,7-8H2,(H,19,23). The van der Waals surface area contributed by atoms with E-state index in [1.165, 1.54) is 48.9 Å². The van der Waals surface area contributed by atoms with Crippen LogP contribution in [0.3, 0.4) is 0 Å². The van der Waals surface area contributed by atoms with Gasteiger partial charge in [-0.15, -0.1) is 0 Å². The van der Waals surface area contributed by atoms with E-state index in [4.69, 9.17) is 8.83 Å². The Labute approximate surface area is 158 Å². The van der Waals surface area contributed by atoms with Crippen LogP contribution in [-0.4, -0.2) is 35.0 Å². The monoisotopic (exact) mass is 385 g/mol. The molecular formula is C18H15N3O7. The first kappa shape index (κ1) is 18.9. The number of nitrogens with one attached hydrogen (secondary N) is 1. The van der Waals surface area contributed by atoms with Gasteiger partial charge in [0.05, 0.1) is 35.4 Å². The fourth-order valence-electron chi connectivity index (χ4n) is 2.53. The van der Waals surface area contributed by atoms with E-state index in [1.807, 2.05) is 0 Å². The van der Waals surface area contributed by atoms with Gasteiger partial charge in [-0.1, -0.05) is 0 Å². The molecule has 0 unspecified atom stereocenters. The van der Waals surface area contributed by atoms with Gasteiger partial charge in [-0.2, -0.15) is 0 Å². The van der Waals surface area contributed by atoms with Crippen LogP contribution in [0.25, 0.3) is 0 Å². The third kappa shape index (κ3) is 3.91. The Balaban J connectivity index is 2.02. The summed E-state index contributed by atoms with van der Waals surface area (Å²) < 4.78 is 10.1. The molecule has 10 nitrogen and oxygen atoms in total. The zero-order chi connectivity index (χ0) is 20.1. The number of carbonyl (C=O) groups is 2. The van der Waals surface area contributed by atoms with Gasteiger partial charge >= 0.3 is 0 Å². The summed E-state index contributed by atoms with van der Waals surface area (Å²) >= 11 is 0. The predicted octanol–water partition coefficient (Wildman–Crippen LogP) is 2.67. The molecule has 0 bridgehead atoms. The quantitative estimate of drug-likeness (QED) is 0.471. The summed E-state index contributed by atoms with van der Waals surface area (Å²) in [4.78, 5) is 36.7. The highest BCUT2D eigenvalue weighted by atomic mass is 16.6. The van der Waals surface area contributed by atoms with Crippen LogP contribution in [0.2, 0.25) is 0 Å². The highest BCUT2D eigenvalue weighted by Gasteiger charge is 2.25.